The van der Waals surface area contributed by atoms with E-state index in [0.717, 1.165) is 10.4 Å². The van der Waals surface area contributed by atoms with Gasteiger partial charge in [-0.3, -0.25) is 4.79 Å². The van der Waals surface area contributed by atoms with Crippen molar-refractivity contribution in [2.75, 3.05) is 5.75 Å². The molecule has 25 heavy (non-hydrogen) atoms. The maximum Gasteiger partial charge on any atom is 0.308 e. The third-order valence-electron chi connectivity index (χ3n) is 3.70. The second-order valence-corrected chi connectivity index (χ2v) is 8.84. The molecule has 136 valence electrons. The number of nitrogens with zero attached hydrogens (tertiary/aromatic N) is 1. The highest BCUT2D eigenvalue weighted by Crippen LogP contribution is 2.18. The number of rotatable bonds is 8. The van der Waals surface area contributed by atoms with Crippen LogP contribution in [0.4, 0.5) is 0 Å². The Morgan fingerprint density at radius 1 is 1.20 bits per heavy atom. The molecular formula is C18H23NO4S2. The predicted molar refractivity (Wildman–Crippen MR) is 100 cm³/mol. The SMILES string of the molecule is CCS(=O)(=O)Oc1ccc(CN(C(=O)Cc2cccs2)C(C)C)cc1. The summed E-state index contributed by atoms with van der Waals surface area (Å²) in [6, 6.07) is 10.8. The molecule has 1 aromatic heterocycles. The number of carbonyl (C=O) groups is 1. The van der Waals surface area contributed by atoms with E-state index in [1.165, 1.54) is 6.92 Å². The molecule has 7 heteroatoms. The van der Waals surface area contributed by atoms with Gasteiger partial charge in [0, 0.05) is 17.5 Å². The van der Waals surface area contributed by atoms with Crippen LogP contribution in [0.25, 0.3) is 0 Å². The smallest absolute Gasteiger partial charge is 0.308 e. The van der Waals surface area contributed by atoms with E-state index in [1.54, 1.807) is 35.6 Å². The second kappa shape index (κ2) is 8.49. The van der Waals surface area contributed by atoms with Gasteiger partial charge in [-0.1, -0.05) is 18.2 Å². The molecule has 0 N–H and O–H groups in total. The Balaban J connectivity index is 2.05. The van der Waals surface area contributed by atoms with Gasteiger partial charge >= 0.3 is 10.1 Å². The number of carbonyl (C=O) groups excluding carboxylic acids is 1. The first-order valence-corrected chi connectivity index (χ1v) is 10.6. The first-order chi connectivity index (χ1) is 11.8. The van der Waals surface area contributed by atoms with Crippen LogP contribution in [0.15, 0.2) is 41.8 Å². The fourth-order valence-corrected chi connectivity index (χ4v) is 3.49. The Labute approximate surface area is 153 Å². The van der Waals surface area contributed by atoms with E-state index in [9.17, 15) is 13.2 Å². The van der Waals surface area contributed by atoms with Crippen molar-refractivity contribution >= 4 is 27.4 Å². The zero-order valence-corrected chi connectivity index (χ0v) is 16.3. The Kier molecular flexibility index (Phi) is 6.61. The lowest BCUT2D eigenvalue weighted by Gasteiger charge is -2.27. The lowest BCUT2D eigenvalue weighted by atomic mass is 10.1. The predicted octanol–water partition coefficient (Wildman–Crippen LogP) is 3.46. The molecule has 0 fully saturated rings. The van der Waals surface area contributed by atoms with Crippen LogP contribution in [0, 0.1) is 0 Å². The van der Waals surface area contributed by atoms with Crippen LogP contribution in [-0.4, -0.2) is 31.0 Å². The lowest BCUT2D eigenvalue weighted by molar-refractivity contribution is -0.132. The summed E-state index contributed by atoms with van der Waals surface area (Å²) in [5.41, 5.74) is 0.925. The van der Waals surface area contributed by atoms with E-state index in [2.05, 4.69) is 0 Å². The molecule has 2 rings (SSSR count). The monoisotopic (exact) mass is 381 g/mol. The fraction of sp³-hybridized carbons (Fsp3) is 0.389. The maximum atomic E-state index is 12.6. The summed E-state index contributed by atoms with van der Waals surface area (Å²) in [6.45, 7) is 5.97. The first kappa shape index (κ1) is 19.5. The van der Waals surface area contributed by atoms with Gasteiger partial charge in [-0.25, -0.2) is 0 Å². The van der Waals surface area contributed by atoms with Gasteiger partial charge in [0.15, 0.2) is 0 Å². The summed E-state index contributed by atoms with van der Waals surface area (Å²) in [6.07, 6.45) is 0.395. The average molecular weight is 382 g/mol. The minimum absolute atomic E-state index is 0.0730. The highest BCUT2D eigenvalue weighted by atomic mass is 32.2. The number of hydrogen-bond donors (Lipinski definition) is 0. The van der Waals surface area contributed by atoms with Crippen LogP contribution < -0.4 is 4.18 Å². The van der Waals surface area contributed by atoms with Crippen molar-refractivity contribution in [1.82, 2.24) is 4.90 Å². The van der Waals surface area contributed by atoms with Crippen molar-refractivity contribution in [2.45, 2.75) is 39.8 Å². The minimum atomic E-state index is -3.53. The molecule has 0 atom stereocenters. The molecule has 0 saturated carbocycles. The summed E-state index contributed by atoms with van der Waals surface area (Å²) >= 11 is 1.58. The number of benzene rings is 1. The van der Waals surface area contributed by atoms with Crippen LogP contribution in [0.3, 0.4) is 0 Å². The van der Waals surface area contributed by atoms with Crippen molar-refractivity contribution in [1.29, 1.82) is 0 Å². The quantitative estimate of drug-likeness (QED) is 0.657. The number of hydrogen-bond acceptors (Lipinski definition) is 5. The fourth-order valence-electron chi connectivity index (χ4n) is 2.28. The van der Waals surface area contributed by atoms with Crippen LogP contribution in [-0.2, 0) is 27.9 Å². The Hall–Kier alpha value is -1.86. The lowest BCUT2D eigenvalue weighted by Crippen LogP contribution is -2.37. The minimum Gasteiger partial charge on any atom is -0.382 e. The summed E-state index contributed by atoms with van der Waals surface area (Å²) in [7, 11) is -3.53. The topological polar surface area (TPSA) is 63.7 Å². The molecule has 0 saturated heterocycles. The van der Waals surface area contributed by atoms with Crippen LogP contribution >= 0.6 is 11.3 Å². The number of amides is 1. The van der Waals surface area contributed by atoms with Crippen molar-refractivity contribution in [3.8, 4) is 5.75 Å². The van der Waals surface area contributed by atoms with Gasteiger partial charge in [-0.05, 0) is 49.9 Å². The number of thiophene rings is 1. The third-order valence-corrected chi connectivity index (χ3v) is 5.73. The highest BCUT2D eigenvalue weighted by molar-refractivity contribution is 7.87. The van der Waals surface area contributed by atoms with Crippen LogP contribution in [0.1, 0.15) is 31.2 Å². The van der Waals surface area contributed by atoms with E-state index in [0.29, 0.717) is 13.0 Å². The van der Waals surface area contributed by atoms with Crippen molar-refractivity contribution in [3.05, 3.63) is 52.2 Å². The van der Waals surface area contributed by atoms with E-state index < -0.39 is 10.1 Å². The molecular weight excluding hydrogens is 358 g/mol. The first-order valence-electron chi connectivity index (χ1n) is 8.13. The molecule has 2 aromatic rings. The molecule has 0 unspecified atom stereocenters. The van der Waals surface area contributed by atoms with Gasteiger partial charge in [0.05, 0.1) is 12.2 Å². The summed E-state index contributed by atoms with van der Waals surface area (Å²) < 4.78 is 27.9. The van der Waals surface area contributed by atoms with Gasteiger partial charge in [0.1, 0.15) is 5.75 Å². The molecule has 1 heterocycles. The molecule has 5 nitrogen and oxygen atoms in total. The van der Waals surface area contributed by atoms with Gasteiger partial charge in [0.2, 0.25) is 5.91 Å². The standard InChI is InChI=1S/C18H23NO4S2/c1-4-25(21,22)23-16-9-7-15(8-10-16)13-19(14(2)3)18(20)12-17-6-5-11-24-17/h5-11,14H,4,12-13H2,1-3H3. The maximum absolute atomic E-state index is 12.6. The molecule has 0 bridgehead atoms. The third kappa shape index (κ3) is 5.86. The Morgan fingerprint density at radius 3 is 2.40 bits per heavy atom. The van der Waals surface area contributed by atoms with E-state index >= 15 is 0 Å². The zero-order valence-electron chi connectivity index (χ0n) is 14.6. The summed E-state index contributed by atoms with van der Waals surface area (Å²) in [4.78, 5) is 15.4. The molecule has 0 radical (unpaired) electrons. The van der Waals surface area contributed by atoms with Gasteiger partial charge in [0.25, 0.3) is 0 Å². The van der Waals surface area contributed by atoms with Crippen molar-refractivity contribution < 1.29 is 17.4 Å². The average Bonchev–Trinajstić information content (AvgIpc) is 3.06. The molecule has 1 amide bonds. The second-order valence-electron chi connectivity index (χ2n) is 5.95. The van der Waals surface area contributed by atoms with E-state index in [1.807, 2.05) is 36.3 Å². The molecule has 0 aliphatic heterocycles. The Morgan fingerprint density at radius 2 is 1.88 bits per heavy atom. The van der Waals surface area contributed by atoms with Gasteiger partial charge in [-0.15, -0.1) is 11.3 Å². The molecule has 0 spiro atoms. The normalized spacial score (nSPS) is 11.5. The zero-order chi connectivity index (χ0) is 18.4. The van der Waals surface area contributed by atoms with Crippen LogP contribution in [0.2, 0.25) is 0 Å². The molecule has 1 aromatic carbocycles. The van der Waals surface area contributed by atoms with Crippen molar-refractivity contribution in [3.63, 3.8) is 0 Å². The largest absolute Gasteiger partial charge is 0.382 e. The van der Waals surface area contributed by atoms with Crippen molar-refractivity contribution in [2.24, 2.45) is 0 Å². The van der Waals surface area contributed by atoms with Gasteiger partial charge in [-0.2, -0.15) is 8.42 Å². The highest BCUT2D eigenvalue weighted by Gasteiger charge is 2.18. The molecule has 0 aliphatic carbocycles. The van der Waals surface area contributed by atoms with Gasteiger partial charge < -0.3 is 9.08 Å². The molecule has 0 aliphatic rings. The summed E-state index contributed by atoms with van der Waals surface area (Å²) in [5.74, 6) is 0.283. The van der Waals surface area contributed by atoms with E-state index in [4.69, 9.17) is 4.18 Å². The summed E-state index contributed by atoms with van der Waals surface area (Å²) in [5, 5.41) is 1.96. The van der Waals surface area contributed by atoms with Crippen LogP contribution in [0.5, 0.6) is 5.75 Å². The van der Waals surface area contributed by atoms with E-state index in [-0.39, 0.29) is 23.5 Å². The Bertz CT molecular complexity index is 781.